The SMILES string of the molecule is CC(C)(C)NC(N)=NCC1CCCOC1C(C)(C)C.I. The van der Waals surface area contributed by atoms with Crippen molar-refractivity contribution < 1.29 is 4.74 Å². The Morgan fingerprint density at radius 3 is 2.35 bits per heavy atom. The fourth-order valence-electron chi connectivity index (χ4n) is 2.63. The van der Waals surface area contributed by atoms with Crippen LogP contribution in [0.25, 0.3) is 0 Å². The van der Waals surface area contributed by atoms with Gasteiger partial charge in [0.05, 0.1) is 6.10 Å². The number of aliphatic imine (C=N–C) groups is 1. The van der Waals surface area contributed by atoms with E-state index in [2.05, 4.69) is 51.9 Å². The van der Waals surface area contributed by atoms with Crippen molar-refractivity contribution in [2.75, 3.05) is 13.2 Å². The summed E-state index contributed by atoms with van der Waals surface area (Å²) in [6.07, 6.45) is 2.57. The first kappa shape index (κ1) is 20.0. The molecule has 3 N–H and O–H groups in total. The lowest BCUT2D eigenvalue weighted by Gasteiger charge is -2.39. The lowest BCUT2D eigenvalue weighted by Crippen LogP contribution is -2.46. The quantitative estimate of drug-likeness (QED) is 0.428. The molecule has 1 aliphatic heterocycles. The highest BCUT2D eigenvalue weighted by molar-refractivity contribution is 14.0. The Hall–Kier alpha value is -0.0400. The maximum absolute atomic E-state index is 5.96. The molecule has 4 nitrogen and oxygen atoms in total. The standard InChI is InChI=1S/C15H31N3O.HI/c1-14(2,3)12-11(8-7-9-19-12)10-17-13(16)18-15(4,5)6;/h11-12H,7-10H2,1-6H3,(H3,16,17,18);1H. The van der Waals surface area contributed by atoms with Gasteiger partial charge >= 0.3 is 0 Å². The number of hydrogen-bond donors (Lipinski definition) is 2. The number of rotatable bonds is 2. The first-order chi connectivity index (χ1) is 8.59. The van der Waals surface area contributed by atoms with Crippen molar-refractivity contribution in [3.63, 3.8) is 0 Å². The van der Waals surface area contributed by atoms with Crippen LogP contribution in [0.5, 0.6) is 0 Å². The van der Waals surface area contributed by atoms with Crippen LogP contribution in [0.1, 0.15) is 54.4 Å². The maximum atomic E-state index is 5.96. The molecule has 20 heavy (non-hydrogen) atoms. The summed E-state index contributed by atoms with van der Waals surface area (Å²) in [5, 5.41) is 3.20. The minimum absolute atomic E-state index is 0. The molecule has 0 spiro atoms. The zero-order chi connectivity index (χ0) is 14.7. The second-order valence-corrected chi connectivity index (χ2v) is 7.66. The Morgan fingerprint density at radius 2 is 1.85 bits per heavy atom. The van der Waals surface area contributed by atoms with Crippen LogP contribution in [0.3, 0.4) is 0 Å². The van der Waals surface area contributed by atoms with Crippen molar-refractivity contribution in [3.8, 4) is 0 Å². The van der Waals surface area contributed by atoms with Crippen LogP contribution in [-0.4, -0.2) is 30.8 Å². The normalized spacial score (nSPS) is 25.0. The monoisotopic (exact) mass is 397 g/mol. The molecule has 1 aliphatic rings. The van der Waals surface area contributed by atoms with Crippen molar-refractivity contribution in [3.05, 3.63) is 0 Å². The van der Waals surface area contributed by atoms with E-state index in [4.69, 9.17) is 10.5 Å². The number of nitrogens with one attached hydrogen (secondary N) is 1. The van der Waals surface area contributed by atoms with E-state index in [1.54, 1.807) is 0 Å². The summed E-state index contributed by atoms with van der Waals surface area (Å²) < 4.78 is 5.96. The third-order valence-corrected chi connectivity index (χ3v) is 3.30. The van der Waals surface area contributed by atoms with Crippen LogP contribution in [-0.2, 0) is 4.74 Å². The molecule has 0 aliphatic carbocycles. The predicted molar refractivity (Wildman–Crippen MR) is 96.7 cm³/mol. The second kappa shape index (κ2) is 7.82. The number of nitrogens with zero attached hydrogens (tertiary/aromatic N) is 1. The molecule has 5 heteroatoms. The molecule has 2 atom stereocenters. The van der Waals surface area contributed by atoms with Crippen molar-refractivity contribution >= 4 is 29.9 Å². The van der Waals surface area contributed by atoms with Gasteiger partial charge in [0.2, 0.25) is 0 Å². The van der Waals surface area contributed by atoms with E-state index in [9.17, 15) is 0 Å². The summed E-state index contributed by atoms with van der Waals surface area (Å²) in [4.78, 5) is 4.50. The predicted octanol–water partition coefficient (Wildman–Crippen LogP) is 3.15. The molecule has 1 saturated heterocycles. The van der Waals surface area contributed by atoms with E-state index in [1.807, 2.05) is 0 Å². The number of ether oxygens (including phenoxy) is 1. The molecular formula is C15H32IN3O. The van der Waals surface area contributed by atoms with Crippen molar-refractivity contribution in [2.45, 2.75) is 66.0 Å². The number of halogens is 1. The van der Waals surface area contributed by atoms with Crippen LogP contribution in [0, 0.1) is 11.3 Å². The summed E-state index contributed by atoms with van der Waals surface area (Å²) in [5.74, 6) is 1.000. The lowest BCUT2D eigenvalue weighted by atomic mass is 9.78. The zero-order valence-corrected chi connectivity index (χ0v) is 16.2. The Morgan fingerprint density at radius 1 is 1.25 bits per heavy atom. The molecular weight excluding hydrogens is 365 g/mol. The third kappa shape index (κ3) is 7.11. The van der Waals surface area contributed by atoms with Gasteiger partial charge < -0.3 is 15.8 Å². The summed E-state index contributed by atoms with van der Waals surface area (Å²) >= 11 is 0. The van der Waals surface area contributed by atoms with Crippen LogP contribution in [0.2, 0.25) is 0 Å². The second-order valence-electron chi connectivity index (χ2n) is 7.66. The van der Waals surface area contributed by atoms with Gasteiger partial charge in [0.15, 0.2) is 5.96 Å². The maximum Gasteiger partial charge on any atom is 0.188 e. The fraction of sp³-hybridized carbons (Fsp3) is 0.933. The first-order valence-corrected chi connectivity index (χ1v) is 7.29. The van der Waals surface area contributed by atoms with E-state index in [0.29, 0.717) is 11.9 Å². The van der Waals surface area contributed by atoms with Crippen LogP contribution in [0.4, 0.5) is 0 Å². The average Bonchev–Trinajstić information content (AvgIpc) is 2.23. The molecule has 0 radical (unpaired) electrons. The fourth-order valence-corrected chi connectivity index (χ4v) is 2.63. The van der Waals surface area contributed by atoms with Gasteiger partial charge in [-0.25, -0.2) is 0 Å². The Kier molecular flexibility index (Phi) is 7.81. The number of guanidine groups is 1. The smallest absolute Gasteiger partial charge is 0.188 e. The topological polar surface area (TPSA) is 59.6 Å². The van der Waals surface area contributed by atoms with Gasteiger partial charge in [0, 0.05) is 24.6 Å². The number of nitrogens with two attached hydrogens (primary N) is 1. The molecule has 1 rings (SSSR count). The van der Waals surface area contributed by atoms with Crippen molar-refractivity contribution in [1.82, 2.24) is 5.32 Å². The van der Waals surface area contributed by atoms with Crippen LogP contribution in [0.15, 0.2) is 4.99 Å². The molecule has 0 aromatic heterocycles. The van der Waals surface area contributed by atoms with Crippen molar-refractivity contribution in [1.29, 1.82) is 0 Å². The lowest BCUT2D eigenvalue weighted by molar-refractivity contribution is -0.0823. The summed E-state index contributed by atoms with van der Waals surface area (Å²) in [6.45, 7) is 14.6. The van der Waals surface area contributed by atoms with E-state index in [0.717, 1.165) is 19.6 Å². The van der Waals surface area contributed by atoms with Crippen molar-refractivity contribution in [2.24, 2.45) is 22.1 Å². The van der Waals surface area contributed by atoms with Gasteiger partial charge in [0.25, 0.3) is 0 Å². The summed E-state index contributed by atoms with van der Waals surface area (Å²) in [6, 6.07) is 0. The minimum atomic E-state index is -0.0416. The van der Waals surface area contributed by atoms with E-state index in [1.165, 1.54) is 6.42 Å². The van der Waals surface area contributed by atoms with E-state index < -0.39 is 0 Å². The number of hydrogen-bond acceptors (Lipinski definition) is 2. The molecule has 1 heterocycles. The average molecular weight is 397 g/mol. The van der Waals surface area contributed by atoms with Crippen LogP contribution >= 0.6 is 24.0 Å². The third-order valence-electron chi connectivity index (χ3n) is 3.30. The highest BCUT2D eigenvalue weighted by Crippen LogP contribution is 2.34. The molecule has 0 aromatic carbocycles. The van der Waals surface area contributed by atoms with E-state index >= 15 is 0 Å². The van der Waals surface area contributed by atoms with Gasteiger partial charge in [-0.1, -0.05) is 20.8 Å². The molecule has 0 amide bonds. The van der Waals surface area contributed by atoms with Gasteiger partial charge in [-0.05, 0) is 39.0 Å². The largest absolute Gasteiger partial charge is 0.377 e. The van der Waals surface area contributed by atoms with Gasteiger partial charge in [0.1, 0.15) is 0 Å². The molecule has 0 bridgehead atoms. The first-order valence-electron chi connectivity index (χ1n) is 7.29. The molecule has 0 saturated carbocycles. The van der Waals surface area contributed by atoms with Crippen LogP contribution < -0.4 is 11.1 Å². The summed E-state index contributed by atoms with van der Waals surface area (Å²) in [7, 11) is 0. The molecule has 120 valence electrons. The molecule has 1 fully saturated rings. The minimum Gasteiger partial charge on any atom is -0.377 e. The highest BCUT2D eigenvalue weighted by Gasteiger charge is 2.35. The Labute approximate surface area is 141 Å². The van der Waals surface area contributed by atoms with E-state index in [-0.39, 0.29) is 41.0 Å². The Balaban J connectivity index is 0.00000361. The molecule has 0 aromatic rings. The van der Waals surface area contributed by atoms with Gasteiger partial charge in [-0.3, -0.25) is 4.99 Å². The zero-order valence-electron chi connectivity index (χ0n) is 13.8. The summed E-state index contributed by atoms with van der Waals surface area (Å²) in [5.41, 5.74) is 6.05. The molecule has 2 unspecified atom stereocenters. The van der Waals surface area contributed by atoms with Gasteiger partial charge in [-0.15, -0.1) is 24.0 Å². The van der Waals surface area contributed by atoms with Gasteiger partial charge in [-0.2, -0.15) is 0 Å². The highest BCUT2D eigenvalue weighted by atomic mass is 127. The Bertz CT molecular complexity index is 318.